The minimum atomic E-state index is 0.319. The summed E-state index contributed by atoms with van der Waals surface area (Å²) in [6.45, 7) is 4.77. The summed E-state index contributed by atoms with van der Waals surface area (Å²) in [4.78, 5) is 6.06. The predicted octanol–water partition coefficient (Wildman–Crippen LogP) is 2.90. The van der Waals surface area contributed by atoms with E-state index in [1.165, 1.54) is 28.5 Å². The fourth-order valence-corrected chi connectivity index (χ4v) is 4.58. The number of fused-ring (bicyclic) bond motifs is 2. The lowest BCUT2D eigenvalue weighted by Gasteiger charge is -2.47. The van der Waals surface area contributed by atoms with Crippen LogP contribution < -0.4 is 0 Å². The van der Waals surface area contributed by atoms with Gasteiger partial charge < -0.3 is 10.1 Å². The number of benzene rings is 1. The highest BCUT2D eigenvalue weighted by Gasteiger charge is 2.40. The number of hydrogen-bond donors (Lipinski definition) is 2. The Bertz CT molecular complexity index is 648. The van der Waals surface area contributed by atoms with Crippen molar-refractivity contribution in [3.8, 4) is 0 Å². The molecule has 1 aliphatic heterocycles. The quantitative estimate of drug-likeness (QED) is 0.909. The molecule has 3 nitrogen and oxygen atoms in total. The molecule has 2 heterocycles. The summed E-state index contributed by atoms with van der Waals surface area (Å²) in [7, 11) is 0. The monoisotopic (exact) mass is 284 g/mol. The Hall–Kier alpha value is -1.32. The molecule has 1 aromatic carbocycles. The molecule has 2 N–H and O–H groups in total. The van der Waals surface area contributed by atoms with Gasteiger partial charge in [-0.2, -0.15) is 0 Å². The average molecular weight is 284 g/mol. The van der Waals surface area contributed by atoms with Crippen LogP contribution in [-0.4, -0.2) is 40.7 Å². The lowest BCUT2D eigenvalue weighted by atomic mass is 9.72. The van der Waals surface area contributed by atoms with Crippen LogP contribution in [0.3, 0.4) is 0 Å². The Kier molecular flexibility index (Phi) is 3.27. The molecule has 2 aromatic rings. The number of nitrogens with zero attached hydrogens (tertiary/aromatic N) is 1. The SMILES string of the molecule is CCCN1C[C@H](CO)CC2c3cccc4[nH]cc(c34)C[C@H]21. The number of aliphatic hydroxyl groups is 1. The highest BCUT2D eigenvalue weighted by molar-refractivity contribution is 5.88. The molecule has 3 atom stereocenters. The lowest BCUT2D eigenvalue weighted by Crippen LogP contribution is -2.50. The molecule has 1 unspecified atom stereocenters. The van der Waals surface area contributed by atoms with Crippen molar-refractivity contribution in [2.24, 2.45) is 5.92 Å². The van der Waals surface area contributed by atoms with Crippen molar-refractivity contribution < 1.29 is 5.11 Å². The average Bonchev–Trinajstić information content (AvgIpc) is 2.93. The van der Waals surface area contributed by atoms with Gasteiger partial charge in [0.05, 0.1) is 0 Å². The highest BCUT2D eigenvalue weighted by atomic mass is 16.3. The Morgan fingerprint density at radius 3 is 3.10 bits per heavy atom. The van der Waals surface area contributed by atoms with Crippen LogP contribution >= 0.6 is 0 Å². The normalized spacial score (nSPS) is 28.8. The van der Waals surface area contributed by atoms with Crippen LogP contribution in [0.4, 0.5) is 0 Å². The first-order valence-corrected chi connectivity index (χ1v) is 8.25. The molecule has 4 rings (SSSR count). The van der Waals surface area contributed by atoms with Crippen molar-refractivity contribution in [3.05, 3.63) is 35.5 Å². The van der Waals surface area contributed by atoms with Crippen LogP contribution in [0.15, 0.2) is 24.4 Å². The third kappa shape index (κ3) is 2.02. The molecule has 0 radical (unpaired) electrons. The van der Waals surface area contributed by atoms with Gasteiger partial charge in [-0.25, -0.2) is 0 Å². The largest absolute Gasteiger partial charge is 0.396 e. The summed E-state index contributed by atoms with van der Waals surface area (Å²) in [5.41, 5.74) is 4.25. The van der Waals surface area contributed by atoms with Gasteiger partial charge in [0.15, 0.2) is 0 Å². The second kappa shape index (κ2) is 5.15. The summed E-state index contributed by atoms with van der Waals surface area (Å²) in [5.74, 6) is 1.00. The minimum Gasteiger partial charge on any atom is -0.396 e. The summed E-state index contributed by atoms with van der Waals surface area (Å²) < 4.78 is 0. The Morgan fingerprint density at radius 2 is 2.29 bits per heavy atom. The van der Waals surface area contributed by atoms with E-state index in [0.29, 0.717) is 24.5 Å². The number of nitrogens with one attached hydrogen (secondary N) is 1. The molecule has 21 heavy (non-hydrogen) atoms. The van der Waals surface area contributed by atoms with Gasteiger partial charge in [-0.3, -0.25) is 4.90 Å². The van der Waals surface area contributed by atoms with E-state index >= 15 is 0 Å². The molecule has 1 saturated heterocycles. The van der Waals surface area contributed by atoms with Crippen molar-refractivity contribution in [1.29, 1.82) is 0 Å². The van der Waals surface area contributed by atoms with E-state index in [2.05, 4.69) is 41.2 Å². The molecule has 0 saturated carbocycles. The maximum Gasteiger partial charge on any atom is 0.0471 e. The topological polar surface area (TPSA) is 39.3 Å². The van der Waals surface area contributed by atoms with Crippen LogP contribution in [0.25, 0.3) is 10.9 Å². The number of aromatic nitrogens is 1. The molecular weight excluding hydrogens is 260 g/mol. The maximum absolute atomic E-state index is 9.68. The Balaban J connectivity index is 1.79. The second-order valence-corrected chi connectivity index (χ2v) is 6.74. The summed E-state index contributed by atoms with van der Waals surface area (Å²) in [6, 6.07) is 7.27. The van der Waals surface area contributed by atoms with Gasteiger partial charge in [0.2, 0.25) is 0 Å². The molecule has 112 valence electrons. The van der Waals surface area contributed by atoms with Crippen LogP contribution in [0.5, 0.6) is 0 Å². The maximum atomic E-state index is 9.68. The summed E-state index contributed by atoms with van der Waals surface area (Å²) in [5, 5.41) is 11.1. The van der Waals surface area contributed by atoms with Gasteiger partial charge in [0, 0.05) is 42.2 Å². The van der Waals surface area contributed by atoms with Crippen LogP contribution in [-0.2, 0) is 6.42 Å². The summed E-state index contributed by atoms with van der Waals surface area (Å²) >= 11 is 0. The van der Waals surface area contributed by atoms with Crippen molar-refractivity contribution in [3.63, 3.8) is 0 Å². The zero-order valence-electron chi connectivity index (χ0n) is 12.7. The molecular formula is C18H24N2O. The van der Waals surface area contributed by atoms with Crippen molar-refractivity contribution in [2.75, 3.05) is 19.7 Å². The van der Waals surface area contributed by atoms with Gasteiger partial charge in [-0.1, -0.05) is 19.1 Å². The Morgan fingerprint density at radius 1 is 1.38 bits per heavy atom. The van der Waals surface area contributed by atoms with Crippen LogP contribution in [0.2, 0.25) is 0 Å². The van der Waals surface area contributed by atoms with Gasteiger partial charge in [-0.05, 0) is 48.9 Å². The fourth-order valence-electron chi connectivity index (χ4n) is 4.58. The molecule has 0 bridgehead atoms. The van der Waals surface area contributed by atoms with E-state index in [4.69, 9.17) is 0 Å². The first-order valence-electron chi connectivity index (χ1n) is 8.25. The number of rotatable bonds is 3. The van der Waals surface area contributed by atoms with E-state index in [1.54, 1.807) is 0 Å². The van der Waals surface area contributed by atoms with Crippen molar-refractivity contribution in [1.82, 2.24) is 9.88 Å². The van der Waals surface area contributed by atoms with Gasteiger partial charge in [0.1, 0.15) is 0 Å². The van der Waals surface area contributed by atoms with Crippen molar-refractivity contribution in [2.45, 2.75) is 38.1 Å². The first-order chi connectivity index (χ1) is 10.3. The molecule has 1 fully saturated rings. The standard InChI is InChI=1S/C18H24N2O/c1-2-6-20-10-12(11-21)7-15-14-4-3-5-16-18(14)13(9-19-16)8-17(15)20/h3-5,9,12,15,17,19,21H,2,6-8,10-11H2,1H3/t12-,15?,17-/m1/s1. The zero-order chi connectivity index (χ0) is 14.4. The molecule has 3 heteroatoms. The number of aromatic amines is 1. The van der Waals surface area contributed by atoms with E-state index in [0.717, 1.165) is 25.9 Å². The van der Waals surface area contributed by atoms with E-state index < -0.39 is 0 Å². The smallest absolute Gasteiger partial charge is 0.0471 e. The second-order valence-electron chi connectivity index (χ2n) is 6.74. The molecule has 1 aliphatic carbocycles. The number of H-pyrrole nitrogens is 1. The minimum absolute atomic E-state index is 0.319. The van der Waals surface area contributed by atoms with E-state index in [1.807, 2.05) is 0 Å². The summed E-state index contributed by atoms with van der Waals surface area (Å²) in [6.07, 6.45) is 5.67. The van der Waals surface area contributed by atoms with E-state index in [9.17, 15) is 5.11 Å². The number of hydrogen-bond acceptors (Lipinski definition) is 2. The number of likely N-dealkylation sites (tertiary alicyclic amines) is 1. The molecule has 2 aliphatic rings. The van der Waals surface area contributed by atoms with Crippen molar-refractivity contribution >= 4 is 10.9 Å². The molecule has 0 spiro atoms. The molecule has 1 aromatic heterocycles. The lowest BCUT2D eigenvalue weighted by molar-refractivity contribution is 0.0572. The third-order valence-corrected chi connectivity index (χ3v) is 5.43. The number of piperidine rings is 1. The predicted molar refractivity (Wildman–Crippen MR) is 85.6 cm³/mol. The zero-order valence-corrected chi connectivity index (χ0v) is 12.7. The first kappa shape index (κ1) is 13.4. The third-order valence-electron chi connectivity index (χ3n) is 5.43. The van der Waals surface area contributed by atoms with Gasteiger partial charge >= 0.3 is 0 Å². The number of aliphatic hydroxyl groups excluding tert-OH is 1. The molecule has 0 amide bonds. The Labute approximate surface area is 126 Å². The fraction of sp³-hybridized carbons (Fsp3) is 0.556. The van der Waals surface area contributed by atoms with Crippen LogP contribution in [0.1, 0.15) is 36.8 Å². The highest BCUT2D eigenvalue weighted by Crippen LogP contribution is 2.44. The van der Waals surface area contributed by atoms with E-state index in [-0.39, 0.29) is 0 Å². The van der Waals surface area contributed by atoms with Crippen LogP contribution in [0, 0.1) is 5.92 Å². The van der Waals surface area contributed by atoms with Gasteiger partial charge in [0.25, 0.3) is 0 Å². The van der Waals surface area contributed by atoms with Gasteiger partial charge in [-0.15, -0.1) is 0 Å².